The van der Waals surface area contributed by atoms with E-state index in [-0.39, 0.29) is 0 Å². The normalized spacial score (nSPS) is 11.8. The molecule has 106 valence electrons. The highest BCUT2D eigenvalue weighted by Gasteiger charge is 2.10. The van der Waals surface area contributed by atoms with Crippen LogP contribution < -0.4 is 11.5 Å². The maximum atomic E-state index is 5.89. The standard InChI is InChI=1S/C14H19N5S/c1-3-20-14(16)18-12-5-6-13(11(9-15)10(12)2)19-8-4-7-17-19/h4-8H,3,9,15H2,1-2H3,(H2,16,18). The predicted octanol–water partition coefficient (Wildman–Crippen LogP) is 2.34. The van der Waals surface area contributed by atoms with Gasteiger partial charge in [0.1, 0.15) is 0 Å². The predicted molar refractivity (Wildman–Crippen MR) is 85.6 cm³/mol. The molecular formula is C14H19N5S. The van der Waals surface area contributed by atoms with E-state index in [1.807, 2.05) is 42.9 Å². The zero-order chi connectivity index (χ0) is 14.5. The number of amidine groups is 1. The fourth-order valence-corrected chi connectivity index (χ4v) is 2.49. The lowest BCUT2D eigenvalue weighted by Crippen LogP contribution is -2.09. The van der Waals surface area contributed by atoms with Crippen LogP contribution in [0.2, 0.25) is 0 Å². The molecule has 0 unspecified atom stereocenters. The molecule has 5 nitrogen and oxygen atoms in total. The van der Waals surface area contributed by atoms with Crippen LogP contribution in [0.25, 0.3) is 5.69 Å². The number of nitrogens with zero attached hydrogens (tertiary/aromatic N) is 3. The van der Waals surface area contributed by atoms with Gasteiger partial charge in [-0.1, -0.05) is 18.7 Å². The Balaban J connectivity index is 2.47. The van der Waals surface area contributed by atoms with E-state index in [0.717, 1.165) is 28.3 Å². The Morgan fingerprint density at radius 2 is 2.25 bits per heavy atom. The van der Waals surface area contributed by atoms with Crippen LogP contribution in [0.5, 0.6) is 0 Å². The van der Waals surface area contributed by atoms with Crippen molar-refractivity contribution in [3.8, 4) is 5.69 Å². The number of thioether (sulfide) groups is 1. The maximum absolute atomic E-state index is 5.89. The van der Waals surface area contributed by atoms with Gasteiger partial charge < -0.3 is 11.5 Å². The number of benzene rings is 1. The average molecular weight is 289 g/mol. The van der Waals surface area contributed by atoms with Crippen LogP contribution in [-0.4, -0.2) is 20.7 Å². The van der Waals surface area contributed by atoms with E-state index in [4.69, 9.17) is 11.5 Å². The quantitative estimate of drug-likeness (QED) is 0.668. The molecule has 0 aliphatic carbocycles. The fourth-order valence-electron chi connectivity index (χ4n) is 2.03. The molecule has 0 saturated heterocycles. The number of hydrogen-bond donors (Lipinski definition) is 2. The van der Waals surface area contributed by atoms with E-state index >= 15 is 0 Å². The molecule has 1 heterocycles. The Morgan fingerprint density at radius 3 is 2.85 bits per heavy atom. The van der Waals surface area contributed by atoms with E-state index in [2.05, 4.69) is 10.1 Å². The maximum Gasteiger partial charge on any atom is 0.159 e. The summed E-state index contributed by atoms with van der Waals surface area (Å²) >= 11 is 1.53. The summed E-state index contributed by atoms with van der Waals surface area (Å²) in [6.07, 6.45) is 3.65. The minimum atomic E-state index is 0.436. The van der Waals surface area contributed by atoms with E-state index < -0.39 is 0 Å². The first-order valence-electron chi connectivity index (χ1n) is 6.46. The molecular weight excluding hydrogens is 270 g/mol. The van der Waals surface area contributed by atoms with Gasteiger partial charge in [0.05, 0.1) is 11.4 Å². The van der Waals surface area contributed by atoms with Gasteiger partial charge in [-0.05, 0) is 42.0 Å². The Hall–Kier alpha value is -1.79. The molecule has 20 heavy (non-hydrogen) atoms. The molecule has 4 N–H and O–H groups in total. The van der Waals surface area contributed by atoms with Crippen LogP contribution in [0.3, 0.4) is 0 Å². The Morgan fingerprint density at radius 1 is 1.45 bits per heavy atom. The van der Waals surface area contributed by atoms with Crippen molar-refractivity contribution in [3.63, 3.8) is 0 Å². The van der Waals surface area contributed by atoms with Crippen molar-refractivity contribution in [1.82, 2.24) is 9.78 Å². The summed E-state index contributed by atoms with van der Waals surface area (Å²) in [5, 5.41) is 4.83. The van der Waals surface area contributed by atoms with Gasteiger partial charge in [-0.25, -0.2) is 9.67 Å². The van der Waals surface area contributed by atoms with E-state index in [0.29, 0.717) is 11.7 Å². The summed E-state index contributed by atoms with van der Waals surface area (Å²) in [6, 6.07) is 5.82. The van der Waals surface area contributed by atoms with Crippen molar-refractivity contribution in [3.05, 3.63) is 41.7 Å². The highest BCUT2D eigenvalue weighted by molar-refractivity contribution is 8.13. The zero-order valence-corrected chi connectivity index (χ0v) is 12.5. The van der Waals surface area contributed by atoms with Crippen molar-refractivity contribution in [1.29, 1.82) is 0 Å². The molecule has 0 fully saturated rings. The summed E-state index contributed by atoms with van der Waals surface area (Å²) in [5.41, 5.74) is 15.7. The average Bonchev–Trinajstić information content (AvgIpc) is 2.95. The lowest BCUT2D eigenvalue weighted by atomic mass is 10.0. The highest BCUT2D eigenvalue weighted by atomic mass is 32.2. The van der Waals surface area contributed by atoms with Gasteiger partial charge in [0, 0.05) is 18.9 Å². The zero-order valence-electron chi connectivity index (χ0n) is 11.7. The molecule has 0 bridgehead atoms. The topological polar surface area (TPSA) is 82.2 Å². The summed E-state index contributed by atoms with van der Waals surface area (Å²) in [7, 11) is 0. The van der Waals surface area contributed by atoms with E-state index in [1.54, 1.807) is 6.20 Å². The van der Waals surface area contributed by atoms with Gasteiger partial charge in [-0.2, -0.15) is 5.10 Å². The van der Waals surface area contributed by atoms with E-state index in [1.165, 1.54) is 11.8 Å². The summed E-state index contributed by atoms with van der Waals surface area (Å²) in [5.74, 6) is 0.906. The van der Waals surface area contributed by atoms with Crippen molar-refractivity contribution >= 4 is 22.6 Å². The molecule has 0 radical (unpaired) electrons. The third kappa shape index (κ3) is 3.02. The summed E-state index contributed by atoms with van der Waals surface area (Å²) in [6.45, 7) is 4.50. The minimum absolute atomic E-state index is 0.436. The Labute approximate surface area is 123 Å². The lowest BCUT2D eigenvalue weighted by molar-refractivity contribution is 0.855. The van der Waals surface area contributed by atoms with Crippen LogP contribution in [-0.2, 0) is 6.54 Å². The molecule has 0 atom stereocenters. The number of nitrogens with two attached hydrogens (primary N) is 2. The highest BCUT2D eigenvalue weighted by Crippen LogP contribution is 2.27. The van der Waals surface area contributed by atoms with Gasteiger partial charge in [0.15, 0.2) is 5.17 Å². The first-order chi connectivity index (χ1) is 9.67. The number of aromatic nitrogens is 2. The molecule has 0 saturated carbocycles. The molecule has 6 heteroatoms. The largest absolute Gasteiger partial charge is 0.378 e. The number of aliphatic imine (C=N–C) groups is 1. The van der Waals surface area contributed by atoms with Crippen LogP contribution in [0.1, 0.15) is 18.1 Å². The third-order valence-electron chi connectivity index (χ3n) is 3.02. The van der Waals surface area contributed by atoms with Gasteiger partial charge in [-0.15, -0.1) is 0 Å². The van der Waals surface area contributed by atoms with Gasteiger partial charge in [0.25, 0.3) is 0 Å². The smallest absolute Gasteiger partial charge is 0.159 e. The molecule has 0 aliphatic heterocycles. The van der Waals surface area contributed by atoms with Gasteiger partial charge in [-0.3, -0.25) is 0 Å². The monoisotopic (exact) mass is 289 g/mol. The molecule has 0 spiro atoms. The SMILES string of the molecule is CCSC(N)=Nc1ccc(-n2cccn2)c(CN)c1C. The Kier molecular flexibility index (Phi) is 4.81. The summed E-state index contributed by atoms with van der Waals surface area (Å²) < 4.78 is 1.81. The van der Waals surface area contributed by atoms with Crippen molar-refractivity contribution in [2.45, 2.75) is 20.4 Å². The van der Waals surface area contributed by atoms with Crippen molar-refractivity contribution < 1.29 is 0 Å². The second-order valence-corrected chi connectivity index (χ2v) is 5.53. The minimum Gasteiger partial charge on any atom is -0.378 e. The number of rotatable bonds is 4. The molecule has 0 amide bonds. The van der Waals surface area contributed by atoms with Crippen LogP contribution >= 0.6 is 11.8 Å². The lowest BCUT2D eigenvalue weighted by Gasteiger charge is -2.13. The fraction of sp³-hybridized carbons (Fsp3) is 0.286. The first kappa shape index (κ1) is 14.6. The summed E-state index contributed by atoms with van der Waals surface area (Å²) in [4.78, 5) is 4.45. The Bertz CT molecular complexity index is 604. The van der Waals surface area contributed by atoms with Crippen LogP contribution in [0.4, 0.5) is 5.69 Å². The van der Waals surface area contributed by atoms with Crippen molar-refractivity contribution in [2.75, 3.05) is 5.75 Å². The van der Waals surface area contributed by atoms with E-state index in [9.17, 15) is 0 Å². The third-order valence-corrected chi connectivity index (χ3v) is 3.70. The molecule has 1 aromatic heterocycles. The molecule has 0 aliphatic rings. The molecule has 1 aromatic carbocycles. The number of hydrogen-bond acceptors (Lipinski definition) is 4. The van der Waals surface area contributed by atoms with Crippen LogP contribution in [0, 0.1) is 6.92 Å². The van der Waals surface area contributed by atoms with Gasteiger partial charge >= 0.3 is 0 Å². The first-order valence-corrected chi connectivity index (χ1v) is 7.45. The second kappa shape index (κ2) is 6.58. The van der Waals surface area contributed by atoms with Crippen molar-refractivity contribution in [2.24, 2.45) is 16.5 Å². The molecule has 2 aromatic rings. The van der Waals surface area contributed by atoms with Crippen LogP contribution in [0.15, 0.2) is 35.6 Å². The van der Waals surface area contributed by atoms with Gasteiger partial charge in [0.2, 0.25) is 0 Å². The molecule has 2 rings (SSSR count). The second-order valence-electron chi connectivity index (χ2n) is 4.25.